The summed E-state index contributed by atoms with van der Waals surface area (Å²) in [4.78, 5) is 2.37. The molecule has 0 spiro atoms. The molecule has 0 saturated heterocycles. The van der Waals surface area contributed by atoms with Crippen LogP contribution in [0.3, 0.4) is 0 Å². The van der Waals surface area contributed by atoms with Gasteiger partial charge in [-0.15, -0.1) is 0 Å². The highest BCUT2D eigenvalue weighted by Gasteiger charge is 2.00. The smallest absolute Gasteiger partial charge is 0.119 e. The van der Waals surface area contributed by atoms with Crippen molar-refractivity contribution in [1.29, 1.82) is 0 Å². The number of ether oxygens (including phenoxy) is 1. The molecule has 1 rings (SSSR count). The summed E-state index contributed by atoms with van der Waals surface area (Å²) in [5.41, 5.74) is 1.34. The van der Waals surface area contributed by atoms with Crippen LogP contribution in [0.15, 0.2) is 24.3 Å². The number of hydrogen-bond donors (Lipinski definition) is 1. The highest BCUT2D eigenvalue weighted by Crippen LogP contribution is 2.13. The van der Waals surface area contributed by atoms with E-state index in [1.54, 1.807) is 0 Å². The Bertz CT molecular complexity index is 311. The molecule has 3 nitrogen and oxygen atoms in total. The number of unbranched alkanes of at least 4 members (excludes halogenated alkanes) is 1. The van der Waals surface area contributed by atoms with Gasteiger partial charge in [0.05, 0.1) is 6.61 Å². The molecule has 0 aliphatic rings. The highest BCUT2D eigenvalue weighted by atomic mass is 16.5. The summed E-state index contributed by atoms with van der Waals surface area (Å²) in [5.74, 6) is 0.956. The van der Waals surface area contributed by atoms with Gasteiger partial charge in [-0.25, -0.2) is 0 Å². The molecule has 0 aliphatic heterocycles. The lowest BCUT2D eigenvalue weighted by Crippen LogP contribution is -2.20. The Morgan fingerprint density at radius 2 is 1.89 bits per heavy atom. The fourth-order valence-electron chi connectivity index (χ4n) is 1.93. The number of hydrogen-bond acceptors (Lipinski definition) is 3. The lowest BCUT2D eigenvalue weighted by Gasteiger charge is -2.16. The van der Waals surface area contributed by atoms with Gasteiger partial charge in [-0.3, -0.25) is 0 Å². The van der Waals surface area contributed by atoms with Crippen molar-refractivity contribution in [3.63, 3.8) is 0 Å². The van der Waals surface area contributed by atoms with Gasteiger partial charge in [0.2, 0.25) is 0 Å². The van der Waals surface area contributed by atoms with Crippen LogP contribution in [0.1, 0.15) is 25.3 Å². The van der Waals surface area contributed by atoms with Gasteiger partial charge in [-0.1, -0.05) is 12.1 Å². The molecule has 3 heteroatoms. The lowest BCUT2D eigenvalue weighted by atomic mass is 10.2. The van der Waals surface area contributed by atoms with Gasteiger partial charge in [-0.05, 0) is 64.6 Å². The van der Waals surface area contributed by atoms with Gasteiger partial charge in [0.1, 0.15) is 5.75 Å². The SMILES string of the molecule is CCOc1ccc(CN(C)CCCCNC)cc1. The Hall–Kier alpha value is -1.06. The topological polar surface area (TPSA) is 24.5 Å². The first-order valence-corrected chi connectivity index (χ1v) is 6.81. The monoisotopic (exact) mass is 250 g/mol. The number of nitrogens with one attached hydrogen (secondary N) is 1. The van der Waals surface area contributed by atoms with Crippen molar-refractivity contribution >= 4 is 0 Å². The van der Waals surface area contributed by atoms with E-state index in [-0.39, 0.29) is 0 Å². The molecule has 0 atom stereocenters. The maximum absolute atomic E-state index is 5.44. The molecular weight excluding hydrogens is 224 g/mol. The van der Waals surface area contributed by atoms with Crippen LogP contribution in [0.2, 0.25) is 0 Å². The predicted octanol–water partition coefficient (Wildman–Crippen LogP) is 2.52. The molecule has 0 unspecified atom stereocenters. The van der Waals surface area contributed by atoms with Crippen LogP contribution in [-0.2, 0) is 6.54 Å². The zero-order valence-electron chi connectivity index (χ0n) is 11.9. The summed E-state index contributed by atoms with van der Waals surface area (Å²) >= 11 is 0. The molecule has 1 aromatic rings. The maximum Gasteiger partial charge on any atom is 0.119 e. The second-order valence-corrected chi connectivity index (χ2v) is 4.63. The summed E-state index contributed by atoms with van der Waals surface area (Å²) in [6.07, 6.45) is 2.48. The average molecular weight is 250 g/mol. The maximum atomic E-state index is 5.44. The molecule has 1 aromatic carbocycles. The van der Waals surface area contributed by atoms with Gasteiger partial charge >= 0.3 is 0 Å². The molecule has 1 N–H and O–H groups in total. The van der Waals surface area contributed by atoms with E-state index in [1.165, 1.54) is 18.4 Å². The summed E-state index contributed by atoms with van der Waals surface area (Å²) in [5, 5.41) is 3.18. The van der Waals surface area contributed by atoms with Crippen LogP contribution in [0.25, 0.3) is 0 Å². The van der Waals surface area contributed by atoms with E-state index in [9.17, 15) is 0 Å². The van der Waals surface area contributed by atoms with Crippen LogP contribution in [-0.4, -0.2) is 38.7 Å². The van der Waals surface area contributed by atoms with Crippen molar-refractivity contribution in [3.8, 4) is 5.75 Å². The molecule has 0 amide bonds. The van der Waals surface area contributed by atoms with Gasteiger partial charge in [0.15, 0.2) is 0 Å². The lowest BCUT2D eigenvalue weighted by molar-refractivity contribution is 0.317. The molecule has 0 aliphatic carbocycles. The number of rotatable bonds is 9. The van der Waals surface area contributed by atoms with Crippen molar-refractivity contribution in [3.05, 3.63) is 29.8 Å². The van der Waals surface area contributed by atoms with Gasteiger partial charge in [0.25, 0.3) is 0 Å². The van der Waals surface area contributed by atoms with Crippen molar-refractivity contribution < 1.29 is 4.74 Å². The van der Waals surface area contributed by atoms with E-state index in [2.05, 4.69) is 29.4 Å². The first kappa shape index (κ1) is 15.0. The fourth-order valence-corrected chi connectivity index (χ4v) is 1.93. The summed E-state index contributed by atoms with van der Waals surface area (Å²) in [6.45, 7) is 6.00. The van der Waals surface area contributed by atoms with Gasteiger partial charge in [0, 0.05) is 6.54 Å². The molecule has 0 heterocycles. The van der Waals surface area contributed by atoms with Crippen LogP contribution < -0.4 is 10.1 Å². The standard InChI is InChI=1S/C15H26N2O/c1-4-18-15-9-7-14(8-10-15)13-17(3)12-6-5-11-16-2/h7-10,16H,4-6,11-13H2,1-3H3. The minimum atomic E-state index is 0.727. The quantitative estimate of drug-likeness (QED) is 0.682. The minimum Gasteiger partial charge on any atom is -0.494 e. The van der Waals surface area contributed by atoms with E-state index >= 15 is 0 Å². The highest BCUT2D eigenvalue weighted by molar-refractivity contribution is 5.27. The summed E-state index contributed by atoms with van der Waals surface area (Å²) < 4.78 is 5.44. The molecule has 0 bridgehead atoms. The van der Waals surface area contributed by atoms with Crippen molar-refractivity contribution in [2.45, 2.75) is 26.3 Å². The third kappa shape index (κ3) is 6.03. The van der Waals surface area contributed by atoms with E-state index in [1.807, 2.05) is 26.1 Å². The zero-order valence-corrected chi connectivity index (χ0v) is 11.9. The average Bonchev–Trinajstić information content (AvgIpc) is 2.37. The zero-order chi connectivity index (χ0) is 13.2. The normalized spacial score (nSPS) is 10.9. The Kier molecular flexibility index (Phi) is 7.46. The molecule has 0 radical (unpaired) electrons. The Morgan fingerprint density at radius 3 is 2.50 bits per heavy atom. The first-order valence-electron chi connectivity index (χ1n) is 6.81. The summed E-state index contributed by atoms with van der Waals surface area (Å²) in [6, 6.07) is 8.39. The third-order valence-electron chi connectivity index (χ3n) is 2.90. The second-order valence-electron chi connectivity index (χ2n) is 4.63. The largest absolute Gasteiger partial charge is 0.494 e. The Morgan fingerprint density at radius 1 is 1.17 bits per heavy atom. The summed E-state index contributed by atoms with van der Waals surface area (Å²) in [7, 11) is 4.18. The molecule has 18 heavy (non-hydrogen) atoms. The molecular formula is C15H26N2O. The van der Waals surface area contributed by atoms with Crippen LogP contribution in [0, 0.1) is 0 Å². The third-order valence-corrected chi connectivity index (χ3v) is 2.90. The number of benzene rings is 1. The van der Waals surface area contributed by atoms with Gasteiger partial charge < -0.3 is 15.0 Å². The van der Waals surface area contributed by atoms with Gasteiger partial charge in [-0.2, -0.15) is 0 Å². The Balaban J connectivity index is 2.28. The van der Waals surface area contributed by atoms with E-state index in [0.29, 0.717) is 0 Å². The van der Waals surface area contributed by atoms with Crippen molar-refractivity contribution in [2.24, 2.45) is 0 Å². The van der Waals surface area contributed by atoms with Crippen molar-refractivity contribution in [2.75, 3.05) is 33.8 Å². The predicted molar refractivity (Wildman–Crippen MR) is 77.1 cm³/mol. The first-order chi connectivity index (χ1) is 8.76. The van der Waals surface area contributed by atoms with Crippen LogP contribution in [0.4, 0.5) is 0 Å². The van der Waals surface area contributed by atoms with E-state index < -0.39 is 0 Å². The molecule has 0 fully saturated rings. The van der Waals surface area contributed by atoms with E-state index in [4.69, 9.17) is 4.74 Å². The minimum absolute atomic E-state index is 0.727. The fraction of sp³-hybridized carbons (Fsp3) is 0.600. The molecule has 0 saturated carbocycles. The second kappa shape index (κ2) is 8.95. The van der Waals surface area contributed by atoms with E-state index in [0.717, 1.165) is 32.0 Å². The molecule has 0 aromatic heterocycles. The molecule has 102 valence electrons. The van der Waals surface area contributed by atoms with Crippen LogP contribution >= 0.6 is 0 Å². The Labute approximate surface area is 111 Å². The van der Waals surface area contributed by atoms with Crippen LogP contribution in [0.5, 0.6) is 5.75 Å². The van der Waals surface area contributed by atoms with Crippen molar-refractivity contribution in [1.82, 2.24) is 10.2 Å². The number of nitrogens with zero attached hydrogens (tertiary/aromatic N) is 1.